The largest absolute Gasteiger partial charge is 0.481 e. The molecule has 2 N–H and O–H groups in total. The van der Waals surface area contributed by atoms with Gasteiger partial charge in [-0.05, 0) is 43.6 Å². The number of benzene rings is 1. The lowest BCUT2D eigenvalue weighted by Crippen LogP contribution is -2.38. The molecule has 2 rings (SSSR count). The first-order valence-corrected chi connectivity index (χ1v) is 7.79. The Hall–Kier alpha value is -2.39. The van der Waals surface area contributed by atoms with E-state index in [2.05, 4.69) is 16.3 Å². The summed E-state index contributed by atoms with van der Waals surface area (Å²) in [5.74, 6) is -0.868. The van der Waals surface area contributed by atoms with E-state index < -0.39 is 5.97 Å². The summed E-state index contributed by atoms with van der Waals surface area (Å²) < 4.78 is 0. The van der Waals surface area contributed by atoms with Crippen molar-refractivity contribution in [3.05, 3.63) is 29.8 Å². The van der Waals surface area contributed by atoms with Gasteiger partial charge >= 0.3 is 5.97 Å². The van der Waals surface area contributed by atoms with Gasteiger partial charge in [0.05, 0.1) is 12.5 Å². The third-order valence-corrected chi connectivity index (χ3v) is 4.08. The van der Waals surface area contributed by atoms with Crippen LogP contribution in [0.1, 0.15) is 24.8 Å². The highest BCUT2D eigenvalue weighted by Crippen LogP contribution is 2.20. The molecule has 1 saturated heterocycles. The number of hydrogen-bond donors (Lipinski definition) is 2. The number of likely N-dealkylation sites (tertiary alicyclic amines) is 1. The van der Waals surface area contributed by atoms with E-state index in [0.717, 1.165) is 32.5 Å². The molecular weight excluding hydrogens is 294 g/mol. The van der Waals surface area contributed by atoms with Gasteiger partial charge in [0, 0.05) is 24.6 Å². The number of carboxylic acid groups (broad SMARTS) is 1. The van der Waals surface area contributed by atoms with Crippen molar-refractivity contribution in [2.45, 2.75) is 25.7 Å². The van der Waals surface area contributed by atoms with Gasteiger partial charge in [-0.2, -0.15) is 5.26 Å². The second-order valence-electron chi connectivity index (χ2n) is 5.78. The molecule has 1 fully saturated rings. The average Bonchev–Trinajstić information content (AvgIpc) is 2.54. The van der Waals surface area contributed by atoms with Gasteiger partial charge in [0.1, 0.15) is 0 Å². The molecule has 0 spiro atoms. The van der Waals surface area contributed by atoms with E-state index in [1.54, 1.807) is 24.3 Å². The number of carbonyl (C=O) groups is 2. The van der Waals surface area contributed by atoms with E-state index in [9.17, 15) is 9.59 Å². The van der Waals surface area contributed by atoms with Crippen LogP contribution in [0.4, 0.5) is 5.69 Å². The van der Waals surface area contributed by atoms with Gasteiger partial charge in [-0.15, -0.1) is 0 Å². The molecule has 0 saturated carbocycles. The lowest BCUT2D eigenvalue weighted by atomic mass is 9.95. The van der Waals surface area contributed by atoms with Crippen LogP contribution in [0.2, 0.25) is 0 Å². The van der Waals surface area contributed by atoms with Crippen LogP contribution >= 0.6 is 0 Å². The number of nitrogens with one attached hydrogen (secondary N) is 1. The molecule has 1 aromatic carbocycles. The number of piperidine rings is 1. The maximum absolute atomic E-state index is 12.3. The van der Waals surface area contributed by atoms with Crippen LogP contribution < -0.4 is 5.32 Å². The summed E-state index contributed by atoms with van der Waals surface area (Å²) in [6.45, 7) is 2.46. The number of carbonyl (C=O) groups excluding carboxylic acids is 1. The van der Waals surface area contributed by atoms with E-state index in [-0.39, 0.29) is 18.2 Å². The second kappa shape index (κ2) is 8.30. The average molecular weight is 315 g/mol. The zero-order chi connectivity index (χ0) is 16.7. The Morgan fingerprint density at radius 3 is 2.48 bits per heavy atom. The summed E-state index contributed by atoms with van der Waals surface area (Å²) in [5.41, 5.74) is 1.40. The predicted octanol–water partition coefficient (Wildman–Crippen LogP) is 1.88. The van der Waals surface area contributed by atoms with Crippen molar-refractivity contribution in [3.63, 3.8) is 0 Å². The third-order valence-electron chi connectivity index (χ3n) is 4.08. The van der Waals surface area contributed by atoms with Crippen molar-refractivity contribution < 1.29 is 14.7 Å². The highest BCUT2D eigenvalue weighted by atomic mass is 16.4. The summed E-state index contributed by atoms with van der Waals surface area (Å²) in [6, 6.07) is 9.04. The Bertz CT molecular complexity index is 584. The molecule has 1 aromatic rings. The number of rotatable bonds is 6. The third kappa shape index (κ3) is 5.38. The van der Waals surface area contributed by atoms with Crippen molar-refractivity contribution in [2.24, 2.45) is 5.92 Å². The van der Waals surface area contributed by atoms with Crippen molar-refractivity contribution in [1.82, 2.24) is 4.90 Å². The first-order valence-electron chi connectivity index (χ1n) is 7.79. The van der Waals surface area contributed by atoms with E-state index in [1.165, 1.54) is 0 Å². The smallest absolute Gasteiger partial charge is 0.307 e. The molecule has 1 amide bonds. The molecule has 6 heteroatoms. The number of amides is 1. The van der Waals surface area contributed by atoms with Gasteiger partial charge in [0.2, 0.25) is 5.91 Å². The van der Waals surface area contributed by atoms with Crippen LogP contribution in [0, 0.1) is 17.2 Å². The summed E-state index contributed by atoms with van der Waals surface area (Å²) in [6.07, 6.45) is 2.11. The van der Waals surface area contributed by atoms with Gasteiger partial charge in [0.25, 0.3) is 0 Å². The minimum absolute atomic E-state index is 0.00738. The van der Waals surface area contributed by atoms with Crippen molar-refractivity contribution >= 4 is 17.6 Å². The van der Waals surface area contributed by atoms with Gasteiger partial charge in [-0.1, -0.05) is 12.1 Å². The predicted molar refractivity (Wildman–Crippen MR) is 85.8 cm³/mol. The van der Waals surface area contributed by atoms with E-state index >= 15 is 0 Å². The van der Waals surface area contributed by atoms with Crippen LogP contribution in [0.3, 0.4) is 0 Å². The van der Waals surface area contributed by atoms with Gasteiger partial charge in [-0.25, -0.2) is 0 Å². The lowest BCUT2D eigenvalue weighted by molar-refractivity contribution is -0.136. The lowest BCUT2D eigenvalue weighted by Gasteiger charge is -2.30. The Morgan fingerprint density at radius 2 is 1.91 bits per heavy atom. The number of nitrogens with zero attached hydrogens (tertiary/aromatic N) is 2. The standard InChI is InChI=1S/C17H21N3O3/c18-8-1-9-20-10-6-14(7-11-20)17(23)19-15-4-2-13(3-5-15)12-16(21)22/h2-5,14H,1,6-7,9-12H2,(H,19,23)(H,21,22). The molecule has 6 nitrogen and oxygen atoms in total. The van der Waals surface area contributed by atoms with E-state index in [1.807, 2.05) is 0 Å². The monoisotopic (exact) mass is 315 g/mol. The number of anilines is 1. The number of carboxylic acids is 1. The van der Waals surface area contributed by atoms with E-state index in [4.69, 9.17) is 10.4 Å². The molecular formula is C17H21N3O3. The minimum atomic E-state index is -0.870. The summed E-state index contributed by atoms with van der Waals surface area (Å²) in [7, 11) is 0. The normalized spacial score (nSPS) is 15.8. The first kappa shape index (κ1) is 17.0. The van der Waals surface area contributed by atoms with Crippen LogP contribution in [0.25, 0.3) is 0 Å². The quantitative estimate of drug-likeness (QED) is 0.836. The summed E-state index contributed by atoms with van der Waals surface area (Å²) in [5, 5.41) is 20.2. The fourth-order valence-corrected chi connectivity index (χ4v) is 2.75. The van der Waals surface area contributed by atoms with Crippen molar-refractivity contribution in [1.29, 1.82) is 5.26 Å². The molecule has 1 heterocycles. The first-order chi connectivity index (χ1) is 11.1. The topological polar surface area (TPSA) is 93.4 Å². The minimum Gasteiger partial charge on any atom is -0.481 e. The van der Waals surface area contributed by atoms with Crippen molar-refractivity contribution in [3.8, 4) is 6.07 Å². The Labute approximate surface area is 135 Å². The Balaban J connectivity index is 1.81. The maximum atomic E-state index is 12.3. The van der Waals surface area contributed by atoms with Crippen molar-refractivity contribution in [2.75, 3.05) is 25.0 Å². The molecule has 0 radical (unpaired) electrons. The molecule has 0 aliphatic carbocycles. The molecule has 0 bridgehead atoms. The summed E-state index contributed by atoms with van der Waals surface area (Å²) in [4.78, 5) is 25.1. The zero-order valence-electron chi connectivity index (χ0n) is 13.0. The fourth-order valence-electron chi connectivity index (χ4n) is 2.75. The van der Waals surface area contributed by atoms with Gasteiger partial charge < -0.3 is 15.3 Å². The molecule has 0 unspecified atom stereocenters. The van der Waals surface area contributed by atoms with E-state index in [0.29, 0.717) is 17.7 Å². The molecule has 1 aliphatic rings. The fraction of sp³-hybridized carbons (Fsp3) is 0.471. The Kier molecular flexibility index (Phi) is 6.12. The molecule has 23 heavy (non-hydrogen) atoms. The Morgan fingerprint density at radius 1 is 1.26 bits per heavy atom. The second-order valence-corrected chi connectivity index (χ2v) is 5.78. The SMILES string of the molecule is N#CCCN1CCC(C(=O)Nc2ccc(CC(=O)O)cc2)CC1. The van der Waals surface area contributed by atoms with Crippen LogP contribution in [0.5, 0.6) is 0 Å². The molecule has 122 valence electrons. The van der Waals surface area contributed by atoms with Crippen LogP contribution in [-0.2, 0) is 16.0 Å². The van der Waals surface area contributed by atoms with Gasteiger partial charge in [0.15, 0.2) is 0 Å². The molecule has 1 aliphatic heterocycles. The van der Waals surface area contributed by atoms with Crippen LogP contribution in [0.15, 0.2) is 24.3 Å². The molecule has 0 aromatic heterocycles. The maximum Gasteiger partial charge on any atom is 0.307 e. The molecule has 0 atom stereocenters. The highest BCUT2D eigenvalue weighted by molar-refractivity contribution is 5.92. The number of hydrogen-bond acceptors (Lipinski definition) is 4. The van der Waals surface area contributed by atoms with Crippen LogP contribution in [-0.4, -0.2) is 41.5 Å². The zero-order valence-corrected chi connectivity index (χ0v) is 13.0. The number of nitriles is 1. The van der Waals surface area contributed by atoms with Gasteiger partial charge in [-0.3, -0.25) is 9.59 Å². The summed E-state index contributed by atoms with van der Waals surface area (Å²) >= 11 is 0. The number of aliphatic carboxylic acids is 1. The highest BCUT2D eigenvalue weighted by Gasteiger charge is 2.24.